The van der Waals surface area contributed by atoms with Gasteiger partial charge in [0.25, 0.3) is 0 Å². The van der Waals surface area contributed by atoms with Crippen LogP contribution in [0.4, 0.5) is 11.5 Å². The number of hydrogen-bond acceptors (Lipinski definition) is 4. The fourth-order valence-electron chi connectivity index (χ4n) is 2.22. The zero-order valence-electron chi connectivity index (χ0n) is 10.8. The van der Waals surface area contributed by atoms with E-state index in [4.69, 9.17) is 0 Å². The Bertz CT molecular complexity index is 347. The largest absolute Gasteiger partial charge is 0.373 e. The van der Waals surface area contributed by atoms with Crippen molar-refractivity contribution in [2.75, 3.05) is 50.5 Å². The Kier molecular flexibility index (Phi) is 4.20. The van der Waals surface area contributed by atoms with Crippen LogP contribution in [0, 0.1) is 0 Å². The molecule has 1 N–H and O–H groups in total. The molecule has 4 nitrogen and oxygen atoms in total. The predicted octanol–water partition coefficient (Wildman–Crippen LogP) is 1.66. The second-order valence-corrected chi connectivity index (χ2v) is 4.62. The summed E-state index contributed by atoms with van der Waals surface area (Å²) in [6, 6.07) is 4.15. The number of anilines is 2. The van der Waals surface area contributed by atoms with E-state index in [0.717, 1.165) is 18.9 Å². The number of hydrogen-bond donors (Lipinski definition) is 1. The first kappa shape index (κ1) is 12.2. The first-order valence-electron chi connectivity index (χ1n) is 6.37. The van der Waals surface area contributed by atoms with Gasteiger partial charge >= 0.3 is 0 Å². The van der Waals surface area contributed by atoms with Crippen LogP contribution in [0.3, 0.4) is 0 Å². The van der Waals surface area contributed by atoms with Crippen molar-refractivity contribution in [1.82, 2.24) is 9.88 Å². The zero-order chi connectivity index (χ0) is 12.1. The summed E-state index contributed by atoms with van der Waals surface area (Å²) < 4.78 is 0. The number of rotatable bonds is 5. The molecule has 1 saturated heterocycles. The first-order valence-corrected chi connectivity index (χ1v) is 6.37. The second kappa shape index (κ2) is 5.87. The predicted molar refractivity (Wildman–Crippen MR) is 72.7 cm³/mol. The third-order valence-corrected chi connectivity index (χ3v) is 3.39. The van der Waals surface area contributed by atoms with Crippen LogP contribution in [0.25, 0.3) is 0 Å². The van der Waals surface area contributed by atoms with E-state index in [-0.39, 0.29) is 0 Å². The molecule has 0 radical (unpaired) electrons. The minimum atomic E-state index is 0.926. The van der Waals surface area contributed by atoms with E-state index in [1.165, 1.54) is 31.6 Å². The molecular weight excluding hydrogens is 212 g/mol. The van der Waals surface area contributed by atoms with E-state index in [1.807, 2.05) is 13.2 Å². The van der Waals surface area contributed by atoms with Crippen LogP contribution in [0.5, 0.6) is 0 Å². The molecule has 1 aromatic rings. The molecule has 0 aliphatic carbocycles. The molecular formula is C13H22N4. The van der Waals surface area contributed by atoms with E-state index in [1.54, 1.807) is 0 Å². The van der Waals surface area contributed by atoms with Gasteiger partial charge in [-0.05, 0) is 32.0 Å². The Labute approximate surface area is 104 Å². The summed E-state index contributed by atoms with van der Waals surface area (Å²) in [5.74, 6) is 0.926. The summed E-state index contributed by atoms with van der Waals surface area (Å²) >= 11 is 0. The van der Waals surface area contributed by atoms with E-state index in [9.17, 15) is 0 Å². The summed E-state index contributed by atoms with van der Waals surface area (Å²) in [5, 5.41) is 3.07. The Balaban J connectivity index is 1.87. The quantitative estimate of drug-likeness (QED) is 0.839. The molecule has 17 heavy (non-hydrogen) atoms. The lowest BCUT2D eigenvalue weighted by Crippen LogP contribution is -2.31. The smallest absolute Gasteiger partial charge is 0.127 e. The summed E-state index contributed by atoms with van der Waals surface area (Å²) in [4.78, 5) is 9.06. The summed E-state index contributed by atoms with van der Waals surface area (Å²) in [7, 11) is 4.04. The molecule has 0 atom stereocenters. The molecule has 1 fully saturated rings. The minimum Gasteiger partial charge on any atom is -0.373 e. The third-order valence-electron chi connectivity index (χ3n) is 3.39. The van der Waals surface area contributed by atoms with Gasteiger partial charge < -0.3 is 15.1 Å². The van der Waals surface area contributed by atoms with Gasteiger partial charge in [-0.2, -0.15) is 0 Å². The van der Waals surface area contributed by atoms with Gasteiger partial charge in [-0.25, -0.2) is 4.98 Å². The summed E-state index contributed by atoms with van der Waals surface area (Å²) in [6.45, 7) is 4.78. The molecule has 2 rings (SSSR count). The van der Waals surface area contributed by atoms with Crippen LogP contribution in [-0.4, -0.2) is 50.2 Å². The monoisotopic (exact) mass is 234 g/mol. The lowest BCUT2D eigenvalue weighted by atomic mass is 10.3. The Morgan fingerprint density at radius 2 is 2.18 bits per heavy atom. The molecule has 1 aliphatic rings. The van der Waals surface area contributed by atoms with Crippen LogP contribution >= 0.6 is 0 Å². The number of aromatic nitrogens is 1. The van der Waals surface area contributed by atoms with Gasteiger partial charge in [-0.3, -0.25) is 0 Å². The molecule has 1 aromatic heterocycles. The van der Waals surface area contributed by atoms with E-state index < -0.39 is 0 Å². The van der Waals surface area contributed by atoms with Crippen LogP contribution in [0.2, 0.25) is 0 Å². The normalized spacial score (nSPS) is 16.1. The molecule has 1 aliphatic heterocycles. The van der Waals surface area contributed by atoms with Gasteiger partial charge in [-0.1, -0.05) is 0 Å². The maximum Gasteiger partial charge on any atom is 0.127 e. The maximum atomic E-state index is 4.23. The highest BCUT2D eigenvalue weighted by atomic mass is 15.2. The molecule has 0 spiro atoms. The standard InChI is InChI=1S/C13H22N4/c1-14-13-11-12(5-6-15-13)16(2)9-10-17-7-3-4-8-17/h5-6,11H,3-4,7-10H2,1-2H3,(H,14,15). The van der Waals surface area contributed by atoms with Crippen molar-refractivity contribution in [3.05, 3.63) is 18.3 Å². The number of likely N-dealkylation sites (N-methyl/N-ethyl adjacent to an activating group) is 1. The molecule has 4 heteroatoms. The fourth-order valence-corrected chi connectivity index (χ4v) is 2.22. The molecule has 2 heterocycles. The van der Waals surface area contributed by atoms with Crippen LogP contribution in [0.15, 0.2) is 18.3 Å². The molecule has 94 valence electrons. The van der Waals surface area contributed by atoms with Crippen molar-refractivity contribution in [2.24, 2.45) is 0 Å². The second-order valence-electron chi connectivity index (χ2n) is 4.62. The Hall–Kier alpha value is -1.29. The SMILES string of the molecule is CNc1cc(N(C)CCN2CCCC2)ccn1. The van der Waals surface area contributed by atoms with Crippen molar-refractivity contribution in [3.63, 3.8) is 0 Å². The van der Waals surface area contributed by atoms with Crippen molar-refractivity contribution >= 4 is 11.5 Å². The molecule has 0 amide bonds. The van der Waals surface area contributed by atoms with Gasteiger partial charge in [0.15, 0.2) is 0 Å². The molecule has 0 bridgehead atoms. The van der Waals surface area contributed by atoms with Crippen LogP contribution in [-0.2, 0) is 0 Å². The van der Waals surface area contributed by atoms with Crippen molar-refractivity contribution in [3.8, 4) is 0 Å². The average molecular weight is 234 g/mol. The zero-order valence-corrected chi connectivity index (χ0v) is 10.8. The van der Waals surface area contributed by atoms with Crippen molar-refractivity contribution in [1.29, 1.82) is 0 Å². The van der Waals surface area contributed by atoms with E-state index >= 15 is 0 Å². The maximum absolute atomic E-state index is 4.23. The lowest BCUT2D eigenvalue weighted by molar-refractivity contribution is 0.346. The number of nitrogens with one attached hydrogen (secondary N) is 1. The summed E-state index contributed by atoms with van der Waals surface area (Å²) in [6.07, 6.45) is 4.58. The fraction of sp³-hybridized carbons (Fsp3) is 0.615. The van der Waals surface area contributed by atoms with E-state index in [0.29, 0.717) is 0 Å². The van der Waals surface area contributed by atoms with Crippen molar-refractivity contribution < 1.29 is 0 Å². The van der Waals surface area contributed by atoms with Gasteiger partial charge in [0.2, 0.25) is 0 Å². The number of nitrogens with zero attached hydrogens (tertiary/aromatic N) is 3. The molecule has 0 unspecified atom stereocenters. The van der Waals surface area contributed by atoms with E-state index in [2.05, 4.69) is 39.3 Å². The summed E-state index contributed by atoms with van der Waals surface area (Å²) in [5.41, 5.74) is 1.23. The van der Waals surface area contributed by atoms with Gasteiger partial charge in [0.1, 0.15) is 5.82 Å². The highest BCUT2D eigenvalue weighted by Gasteiger charge is 2.12. The molecule has 0 saturated carbocycles. The lowest BCUT2D eigenvalue weighted by Gasteiger charge is -2.23. The Morgan fingerprint density at radius 3 is 2.88 bits per heavy atom. The van der Waals surface area contributed by atoms with Crippen LogP contribution in [0.1, 0.15) is 12.8 Å². The highest BCUT2D eigenvalue weighted by molar-refractivity contribution is 5.53. The average Bonchev–Trinajstić information content (AvgIpc) is 2.89. The van der Waals surface area contributed by atoms with Gasteiger partial charge in [-0.15, -0.1) is 0 Å². The third kappa shape index (κ3) is 3.33. The van der Waals surface area contributed by atoms with Gasteiger partial charge in [0, 0.05) is 45.1 Å². The van der Waals surface area contributed by atoms with Gasteiger partial charge in [0.05, 0.1) is 0 Å². The highest BCUT2D eigenvalue weighted by Crippen LogP contribution is 2.15. The molecule has 0 aromatic carbocycles. The van der Waals surface area contributed by atoms with Crippen LogP contribution < -0.4 is 10.2 Å². The number of likely N-dealkylation sites (tertiary alicyclic amines) is 1. The number of pyridine rings is 1. The topological polar surface area (TPSA) is 31.4 Å². The first-order chi connectivity index (χ1) is 8.29. The minimum absolute atomic E-state index is 0.926. The van der Waals surface area contributed by atoms with Crippen molar-refractivity contribution in [2.45, 2.75) is 12.8 Å². The Morgan fingerprint density at radius 1 is 1.41 bits per heavy atom.